The number of nitrogens with one attached hydrogen (secondary N) is 1. The highest BCUT2D eigenvalue weighted by Gasteiger charge is 2.27. The first-order valence-electron chi connectivity index (χ1n) is 5.64. The number of aromatic nitrogens is 1. The maximum Gasteiger partial charge on any atom is 0.254 e. The molecule has 2 rings (SSSR count). The van der Waals surface area contributed by atoms with Crippen molar-refractivity contribution in [2.24, 2.45) is 5.92 Å². The third-order valence-electron chi connectivity index (χ3n) is 3.00. The van der Waals surface area contributed by atoms with E-state index >= 15 is 0 Å². The minimum absolute atomic E-state index is 0.193. The van der Waals surface area contributed by atoms with E-state index in [1.165, 1.54) is 6.20 Å². The van der Waals surface area contributed by atoms with E-state index in [0.29, 0.717) is 23.0 Å². The SMILES string of the molecule is Cc1cc(Cl)c(C(=O)NCC2CC(O)C2)cn1. The maximum atomic E-state index is 11.8. The van der Waals surface area contributed by atoms with E-state index in [1.807, 2.05) is 6.92 Å². The minimum atomic E-state index is -0.205. The molecule has 17 heavy (non-hydrogen) atoms. The summed E-state index contributed by atoms with van der Waals surface area (Å²) in [5.41, 5.74) is 1.19. The van der Waals surface area contributed by atoms with Crippen LogP contribution in [0.4, 0.5) is 0 Å². The molecule has 1 aliphatic carbocycles. The fraction of sp³-hybridized carbons (Fsp3) is 0.500. The van der Waals surface area contributed by atoms with Gasteiger partial charge in [-0.05, 0) is 31.7 Å². The number of pyridine rings is 1. The largest absolute Gasteiger partial charge is 0.393 e. The van der Waals surface area contributed by atoms with Crippen LogP contribution in [0.25, 0.3) is 0 Å². The highest BCUT2D eigenvalue weighted by molar-refractivity contribution is 6.33. The van der Waals surface area contributed by atoms with Gasteiger partial charge in [0.25, 0.3) is 5.91 Å². The monoisotopic (exact) mass is 254 g/mol. The van der Waals surface area contributed by atoms with Crippen LogP contribution in [0.1, 0.15) is 28.9 Å². The van der Waals surface area contributed by atoms with Gasteiger partial charge in [0.15, 0.2) is 0 Å². The lowest BCUT2D eigenvalue weighted by molar-refractivity contribution is 0.0420. The average molecular weight is 255 g/mol. The molecule has 0 atom stereocenters. The number of aryl methyl sites for hydroxylation is 1. The van der Waals surface area contributed by atoms with Gasteiger partial charge in [-0.15, -0.1) is 0 Å². The molecule has 1 aromatic rings. The summed E-state index contributed by atoms with van der Waals surface area (Å²) in [5, 5.41) is 12.4. The Hall–Kier alpha value is -1.13. The molecule has 0 aliphatic heterocycles. The summed E-state index contributed by atoms with van der Waals surface area (Å²) in [6.45, 7) is 2.41. The molecular weight excluding hydrogens is 240 g/mol. The van der Waals surface area contributed by atoms with Crippen molar-refractivity contribution in [2.45, 2.75) is 25.9 Å². The molecule has 1 fully saturated rings. The van der Waals surface area contributed by atoms with Crippen molar-refractivity contribution in [3.05, 3.63) is 28.5 Å². The lowest BCUT2D eigenvalue weighted by Gasteiger charge is -2.31. The Balaban J connectivity index is 1.91. The number of carbonyl (C=O) groups is 1. The summed E-state index contributed by atoms with van der Waals surface area (Å²) >= 11 is 5.97. The van der Waals surface area contributed by atoms with Gasteiger partial charge in [0.05, 0.1) is 16.7 Å². The third kappa shape index (κ3) is 2.96. The van der Waals surface area contributed by atoms with E-state index in [0.717, 1.165) is 18.5 Å². The predicted molar refractivity (Wildman–Crippen MR) is 65.0 cm³/mol. The number of hydrogen-bond acceptors (Lipinski definition) is 3. The summed E-state index contributed by atoms with van der Waals surface area (Å²) in [5.74, 6) is 0.176. The number of aliphatic hydroxyl groups excluding tert-OH is 1. The summed E-state index contributed by atoms with van der Waals surface area (Å²) < 4.78 is 0. The molecule has 1 heterocycles. The Morgan fingerprint density at radius 1 is 1.65 bits per heavy atom. The predicted octanol–water partition coefficient (Wildman–Crippen LogP) is 1.54. The zero-order valence-electron chi connectivity index (χ0n) is 9.61. The fourth-order valence-corrected chi connectivity index (χ4v) is 2.19. The number of rotatable bonds is 3. The van der Waals surface area contributed by atoms with Gasteiger partial charge >= 0.3 is 0 Å². The fourth-order valence-electron chi connectivity index (χ4n) is 1.89. The topological polar surface area (TPSA) is 62.2 Å². The van der Waals surface area contributed by atoms with Gasteiger partial charge in [-0.2, -0.15) is 0 Å². The van der Waals surface area contributed by atoms with Crippen molar-refractivity contribution >= 4 is 17.5 Å². The molecular formula is C12H15ClN2O2. The van der Waals surface area contributed by atoms with Crippen LogP contribution < -0.4 is 5.32 Å². The first kappa shape index (κ1) is 12.3. The highest BCUT2D eigenvalue weighted by atomic mass is 35.5. The van der Waals surface area contributed by atoms with Gasteiger partial charge in [-0.25, -0.2) is 0 Å². The van der Waals surface area contributed by atoms with Gasteiger partial charge in [0, 0.05) is 18.4 Å². The molecule has 5 heteroatoms. The van der Waals surface area contributed by atoms with Crippen molar-refractivity contribution in [3.63, 3.8) is 0 Å². The van der Waals surface area contributed by atoms with Crippen LogP contribution in [0.3, 0.4) is 0 Å². The van der Waals surface area contributed by atoms with Gasteiger partial charge in [-0.1, -0.05) is 11.6 Å². The minimum Gasteiger partial charge on any atom is -0.393 e. The van der Waals surface area contributed by atoms with E-state index in [9.17, 15) is 4.79 Å². The van der Waals surface area contributed by atoms with Gasteiger partial charge in [0.2, 0.25) is 0 Å². The van der Waals surface area contributed by atoms with E-state index in [-0.39, 0.29) is 12.0 Å². The van der Waals surface area contributed by atoms with Crippen LogP contribution in [0.5, 0.6) is 0 Å². The van der Waals surface area contributed by atoms with Gasteiger partial charge in [-0.3, -0.25) is 9.78 Å². The average Bonchev–Trinajstić information content (AvgIpc) is 2.22. The summed E-state index contributed by atoms with van der Waals surface area (Å²) in [6.07, 6.45) is 2.82. The van der Waals surface area contributed by atoms with Gasteiger partial charge in [0.1, 0.15) is 0 Å². The molecule has 0 spiro atoms. The van der Waals surface area contributed by atoms with E-state index < -0.39 is 0 Å². The third-order valence-corrected chi connectivity index (χ3v) is 3.31. The number of halogens is 1. The highest BCUT2D eigenvalue weighted by Crippen LogP contribution is 2.26. The molecule has 0 unspecified atom stereocenters. The Bertz CT molecular complexity index is 431. The molecule has 1 saturated carbocycles. The molecule has 1 amide bonds. The Morgan fingerprint density at radius 3 is 2.94 bits per heavy atom. The summed E-state index contributed by atoms with van der Waals surface area (Å²) in [4.78, 5) is 15.9. The number of hydrogen-bond donors (Lipinski definition) is 2. The number of carbonyl (C=O) groups excluding carboxylic acids is 1. The van der Waals surface area contributed by atoms with Crippen molar-refractivity contribution in [2.75, 3.05) is 6.54 Å². The van der Waals surface area contributed by atoms with Gasteiger partial charge < -0.3 is 10.4 Å². The van der Waals surface area contributed by atoms with Crippen molar-refractivity contribution in [1.82, 2.24) is 10.3 Å². The zero-order valence-corrected chi connectivity index (χ0v) is 10.4. The lowest BCUT2D eigenvalue weighted by atomic mass is 9.82. The normalized spacial score (nSPS) is 23.0. The maximum absolute atomic E-state index is 11.8. The summed E-state index contributed by atoms with van der Waals surface area (Å²) in [7, 11) is 0. The first-order chi connectivity index (χ1) is 8.06. The molecule has 2 N–H and O–H groups in total. The van der Waals surface area contributed by atoms with Crippen LogP contribution >= 0.6 is 11.6 Å². The zero-order chi connectivity index (χ0) is 12.4. The second-order valence-electron chi connectivity index (χ2n) is 4.51. The number of nitrogens with zero attached hydrogens (tertiary/aromatic N) is 1. The molecule has 0 saturated heterocycles. The molecule has 1 aromatic heterocycles. The van der Waals surface area contributed by atoms with Crippen molar-refractivity contribution in [1.29, 1.82) is 0 Å². The van der Waals surface area contributed by atoms with Crippen LogP contribution in [0.2, 0.25) is 5.02 Å². The van der Waals surface area contributed by atoms with E-state index in [2.05, 4.69) is 10.3 Å². The molecule has 1 aliphatic rings. The second kappa shape index (κ2) is 5.02. The standard InChI is InChI=1S/C12H15ClN2O2/c1-7-2-11(13)10(6-14-7)12(17)15-5-8-3-9(16)4-8/h2,6,8-9,16H,3-5H2,1H3,(H,15,17). The Labute approximate surface area is 105 Å². The van der Waals surface area contributed by atoms with Crippen LogP contribution in [-0.4, -0.2) is 28.6 Å². The first-order valence-corrected chi connectivity index (χ1v) is 6.02. The number of amides is 1. The van der Waals surface area contributed by atoms with E-state index in [1.54, 1.807) is 6.07 Å². The molecule has 0 aromatic carbocycles. The smallest absolute Gasteiger partial charge is 0.254 e. The number of aliphatic hydroxyl groups is 1. The molecule has 0 bridgehead atoms. The quantitative estimate of drug-likeness (QED) is 0.860. The molecule has 4 nitrogen and oxygen atoms in total. The Morgan fingerprint density at radius 2 is 2.35 bits per heavy atom. The van der Waals surface area contributed by atoms with Crippen molar-refractivity contribution < 1.29 is 9.90 Å². The molecule has 92 valence electrons. The molecule has 0 radical (unpaired) electrons. The second-order valence-corrected chi connectivity index (χ2v) is 4.91. The summed E-state index contributed by atoms with van der Waals surface area (Å²) in [6, 6.07) is 1.67. The van der Waals surface area contributed by atoms with Crippen LogP contribution in [0, 0.1) is 12.8 Å². The Kier molecular flexibility index (Phi) is 3.64. The van der Waals surface area contributed by atoms with Crippen molar-refractivity contribution in [3.8, 4) is 0 Å². The van der Waals surface area contributed by atoms with Crippen LogP contribution in [-0.2, 0) is 0 Å². The van der Waals surface area contributed by atoms with E-state index in [4.69, 9.17) is 16.7 Å². The van der Waals surface area contributed by atoms with Crippen LogP contribution in [0.15, 0.2) is 12.3 Å². The lowest BCUT2D eigenvalue weighted by Crippen LogP contribution is -2.38.